The average Bonchev–Trinajstić information content (AvgIpc) is 2.26. The zero-order valence-corrected chi connectivity index (χ0v) is 10.2. The lowest BCUT2D eigenvalue weighted by atomic mass is 9.92. The third-order valence-corrected chi connectivity index (χ3v) is 3.18. The van der Waals surface area contributed by atoms with Gasteiger partial charge in [0.25, 0.3) is 0 Å². The summed E-state index contributed by atoms with van der Waals surface area (Å²) in [5, 5.41) is 9.23. The molecular weight excluding hydrogens is 198 g/mol. The lowest BCUT2D eigenvalue weighted by Gasteiger charge is -2.25. The fourth-order valence-corrected chi connectivity index (χ4v) is 2.48. The summed E-state index contributed by atoms with van der Waals surface area (Å²) in [7, 11) is 4.01. The number of hydrogen-bond acceptors (Lipinski definition) is 3. The maximum Gasteiger partial charge on any atom is 0.103 e. The highest BCUT2D eigenvalue weighted by atomic mass is 15.1. The highest BCUT2D eigenvalue weighted by Crippen LogP contribution is 2.32. The van der Waals surface area contributed by atoms with Crippen LogP contribution in [0.4, 0.5) is 5.69 Å². The Kier molecular flexibility index (Phi) is 2.82. The van der Waals surface area contributed by atoms with Crippen molar-refractivity contribution in [3.05, 3.63) is 22.5 Å². The van der Waals surface area contributed by atoms with Gasteiger partial charge in [0, 0.05) is 19.8 Å². The zero-order valence-electron chi connectivity index (χ0n) is 10.2. The molecule has 1 aromatic heterocycles. The van der Waals surface area contributed by atoms with Gasteiger partial charge < -0.3 is 4.90 Å². The van der Waals surface area contributed by atoms with E-state index in [1.807, 2.05) is 21.0 Å². The van der Waals surface area contributed by atoms with Crippen molar-refractivity contribution >= 4 is 5.69 Å². The summed E-state index contributed by atoms with van der Waals surface area (Å²) >= 11 is 0. The maximum atomic E-state index is 9.23. The van der Waals surface area contributed by atoms with Crippen molar-refractivity contribution in [1.82, 2.24) is 4.98 Å². The highest BCUT2D eigenvalue weighted by Gasteiger charge is 2.21. The Morgan fingerprint density at radius 1 is 1.25 bits per heavy atom. The molecule has 0 saturated carbocycles. The van der Waals surface area contributed by atoms with Crippen LogP contribution in [0.2, 0.25) is 0 Å². The van der Waals surface area contributed by atoms with Gasteiger partial charge >= 0.3 is 0 Å². The summed E-state index contributed by atoms with van der Waals surface area (Å²) in [6, 6.07) is 2.29. The molecule has 0 amide bonds. The van der Waals surface area contributed by atoms with E-state index in [1.165, 1.54) is 24.1 Å². The Bertz CT molecular complexity index is 455. The van der Waals surface area contributed by atoms with E-state index in [9.17, 15) is 5.26 Å². The van der Waals surface area contributed by atoms with Crippen LogP contribution in [0.1, 0.15) is 35.4 Å². The SMILES string of the molecule is Cc1nc2c(c(N(C)C)c1C#N)CCCC2. The van der Waals surface area contributed by atoms with Gasteiger partial charge in [0.15, 0.2) is 0 Å². The first kappa shape index (κ1) is 10.9. The first-order chi connectivity index (χ1) is 7.65. The quantitative estimate of drug-likeness (QED) is 0.721. The third kappa shape index (κ3) is 1.65. The van der Waals surface area contributed by atoms with Crippen molar-refractivity contribution < 1.29 is 0 Å². The molecule has 0 spiro atoms. The van der Waals surface area contributed by atoms with E-state index in [4.69, 9.17) is 0 Å². The Morgan fingerprint density at radius 2 is 1.94 bits per heavy atom. The number of nitriles is 1. The van der Waals surface area contributed by atoms with Gasteiger partial charge in [-0.25, -0.2) is 0 Å². The second-order valence-corrected chi connectivity index (χ2v) is 4.56. The fourth-order valence-electron chi connectivity index (χ4n) is 2.48. The fraction of sp³-hybridized carbons (Fsp3) is 0.538. The minimum atomic E-state index is 0.741. The molecular formula is C13H17N3. The highest BCUT2D eigenvalue weighted by molar-refractivity contribution is 5.66. The summed E-state index contributed by atoms with van der Waals surface area (Å²) in [4.78, 5) is 6.63. The Balaban J connectivity index is 2.70. The molecule has 2 rings (SSSR count). The smallest absolute Gasteiger partial charge is 0.103 e. The van der Waals surface area contributed by atoms with Crippen molar-refractivity contribution in [3.8, 4) is 6.07 Å². The van der Waals surface area contributed by atoms with Gasteiger partial charge in [-0.15, -0.1) is 0 Å². The first-order valence-electron chi connectivity index (χ1n) is 5.75. The first-order valence-corrected chi connectivity index (χ1v) is 5.75. The van der Waals surface area contributed by atoms with Crippen LogP contribution in [0.3, 0.4) is 0 Å². The normalized spacial score (nSPS) is 14.1. The van der Waals surface area contributed by atoms with Crippen LogP contribution in [-0.2, 0) is 12.8 Å². The number of hydrogen-bond donors (Lipinski definition) is 0. The number of fused-ring (bicyclic) bond motifs is 1. The van der Waals surface area contributed by atoms with Gasteiger partial charge in [0.2, 0.25) is 0 Å². The molecule has 0 fully saturated rings. The lowest BCUT2D eigenvalue weighted by molar-refractivity contribution is 0.664. The van der Waals surface area contributed by atoms with E-state index < -0.39 is 0 Å². The average molecular weight is 215 g/mol. The number of rotatable bonds is 1. The monoisotopic (exact) mass is 215 g/mol. The van der Waals surface area contributed by atoms with Crippen molar-refractivity contribution in [1.29, 1.82) is 5.26 Å². The van der Waals surface area contributed by atoms with Crippen molar-refractivity contribution in [2.75, 3.05) is 19.0 Å². The van der Waals surface area contributed by atoms with Crippen LogP contribution < -0.4 is 4.90 Å². The molecule has 16 heavy (non-hydrogen) atoms. The summed E-state index contributed by atoms with van der Waals surface area (Å²) in [5.74, 6) is 0. The summed E-state index contributed by atoms with van der Waals surface area (Å²) in [5.41, 5.74) is 5.19. The molecule has 1 aromatic rings. The molecule has 1 aliphatic carbocycles. The molecule has 3 nitrogen and oxygen atoms in total. The summed E-state index contributed by atoms with van der Waals surface area (Å²) in [6.45, 7) is 1.93. The van der Waals surface area contributed by atoms with Gasteiger partial charge in [-0.2, -0.15) is 5.26 Å². The van der Waals surface area contributed by atoms with Crippen LogP contribution in [0.25, 0.3) is 0 Å². The number of nitrogens with zero attached hydrogens (tertiary/aromatic N) is 3. The second-order valence-electron chi connectivity index (χ2n) is 4.56. The molecule has 0 radical (unpaired) electrons. The van der Waals surface area contributed by atoms with Gasteiger partial charge in [-0.3, -0.25) is 4.98 Å². The van der Waals surface area contributed by atoms with Gasteiger partial charge in [-0.1, -0.05) is 0 Å². The van der Waals surface area contributed by atoms with Crippen molar-refractivity contribution in [3.63, 3.8) is 0 Å². The van der Waals surface area contributed by atoms with Crippen LogP contribution in [0, 0.1) is 18.3 Å². The molecule has 0 N–H and O–H groups in total. The number of aromatic nitrogens is 1. The predicted molar refractivity (Wildman–Crippen MR) is 64.7 cm³/mol. The van der Waals surface area contributed by atoms with Crippen molar-refractivity contribution in [2.45, 2.75) is 32.6 Å². The minimum Gasteiger partial charge on any atom is -0.376 e. The molecule has 0 saturated heterocycles. The lowest BCUT2D eigenvalue weighted by Crippen LogP contribution is -2.19. The Hall–Kier alpha value is -1.56. The molecule has 0 aliphatic heterocycles. The van der Waals surface area contributed by atoms with Crippen molar-refractivity contribution in [2.24, 2.45) is 0 Å². The molecule has 0 unspecified atom stereocenters. The van der Waals surface area contributed by atoms with Crippen LogP contribution in [-0.4, -0.2) is 19.1 Å². The van der Waals surface area contributed by atoms with E-state index in [0.29, 0.717) is 0 Å². The largest absolute Gasteiger partial charge is 0.376 e. The van der Waals surface area contributed by atoms with Crippen LogP contribution in [0.15, 0.2) is 0 Å². The summed E-state index contributed by atoms with van der Waals surface area (Å²) < 4.78 is 0. The number of anilines is 1. The maximum absolute atomic E-state index is 9.23. The molecule has 3 heteroatoms. The van der Waals surface area contributed by atoms with E-state index in [0.717, 1.165) is 29.8 Å². The Morgan fingerprint density at radius 3 is 2.56 bits per heavy atom. The van der Waals surface area contributed by atoms with Gasteiger partial charge in [0.1, 0.15) is 6.07 Å². The molecule has 0 atom stereocenters. The summed E-state index contributed by atoms with van der Waals surface area (Å²) in [6.07, 6.45) is 4.55. The minimum absolute atomic E-state index is 0.741. The standard InChI is InChI=1S/C13H17N3/c1-9-11(8-14)13(16(2)3)10-6-4-5-7-12(10)15-9/h4-7H2,1-3H3. The molecule has 0 bridgehead atoms. The topological polar surface area (TPSA) is 39.9 Å². The predicted octanol–water partition coefficient (Wildman–Crippen LogP) is 2.21. The van der Waals surface area contributed by atoms with Gasteiger partial charge in [0.05, 0.1) is 16.9 Å². The van der Waals surface area contributed by atoms with E-state index in [-0.39, 0.29) is 0 Å². The molecule has 1 heterocycles. The zero-order chi connectivity index (χ0) is 11.7. The molecule has 84 valence electrons. The molecule has 0 aromatic carbocycles. The second kappa shape index (κ2) is 4.13. The van der Waals surface area contributed by atoms with E-state index in [1.54, 1.807) is 0 Å². The van der Waals surface area contributed by atoms with Crippen LogP contribution in [0.5, 0.6) is 0 Å². The third-order valence-electron chi connectivity index (χ3n) is 3.18. The van der Waals surface area contributed by atoms with Crippen LogP contribution >= 0.6 is 0 Å². The van der Waals surface area contributed by atoms with E-state index in [2.05, 4.69) is 16.0 Å². The Labute approximate surface area is 96.7 Å². The molecule has 1 aliphatic rings. The van der Waals surface area contributed by atoms with Gasteiger partial charge in [-0.05, 0) is 38.2 Å². The number of aryl methyl sites for hydroxylation is 2. The number of pyridine rings is 1. The van der Waals surface area contributed by atoms with E-state index >= 15 is 0 Å².